The van der Waals surface area contributed by atoms with E-state index in [-0.39, 0.29) is 11.3 Å². The number of carbonyl (C=O) groups is 1. The van der Waals surface area contributed by atoms with Gasteiger partial charge in [0.25, 0.3) is 0 Å². The summed E-state index contributed by atoms with van der Waals surface area (Å²) in [4.78, 5) is 18.5. The average molecular weight is 372 g/mol. The van der Waals surface area contributed by atoms with Crippen LogP contribution in [0.4, 0.5) is 0 Å². The highest BCUT2D eigenvalue weighted by atomic mass is 16.5. The van der Waals surface area contributed by atoms with Crippen LogP contribution in [0.5, 0.6) is 11.5 Å². The molecule has 0 aliphatic carbocycles. The van der Waals surface area contributed by atoms with Crippen LogP contribution < -0.4 is 20.1 Å². The molecule has 146 valence electrons. The molecule has 7 nitrogen and oxygen atoms in total. The van der Waals surface area contributed by atoms with Gasteiger partial charge >= 0.3 is 0 Å². The number of hydrogen-bond acceptors (Lipinski definition) is 4. The lowest BCUT2D eigenvalue weighted by Crippen LogP contribution is -2.51. The van der Waals surface area contributed by atoms with Crippen LogP contribution in [-0.2, 0) is 11.3 Å². The van der Waals surface area contributed by atoms with Crippen molar-refractivity contribution in [2.75, 3.05) is 39.9 Å². The van der Waals surface area contributed by atoms with Gasteiger partial charge in [0, 0.05) is 57.0 Å². The molecule has 1 aromatic carbocycles. The molecule has 3 aliphatic heterocycles. The largest absolute Gasteiger partial charge is 0.490 e. The molecule has 0 aromatic heterocycles. The van der Waals surface area contributed by atoms with Crippen LogP contribution in [0.15, 0.2) is 23.2 Å². The first-order valence-electron chi connectivity index (χ1n) is 9.79. The Labute approximate surface area is 160 Å². The van der Waals surface area contributed by atoms with Crippen molar-refractivity contribution in [2.24, 2.45) is 10.4 Å². The number of guanidine groups is 1. The first-order chi connectivity index (χ1) is 13.2. The third-order valence-corrected chi connectivity index (χ3v) is 5.66. The number of benzene rings is 1. The van der Waals surface area contributed by atoms with E-state index in [1.54, 1.807) is 0 Å². The number of hydrogen-bond donors (Lipinski definition) is 2. The maximum absolute atomic E-state index is 11.7. The molecular weight excluding hydrogens is 344 g/mol. The second kappa shape index (κ2) is 7.66. The maximum Gasteiger partial charge on any atom is 0.220 e. The number of fused-ring (bicyclic) bond motifs is 1. The number of rotatable bonds is 2. The van der Waals surface area contributed by atoms with Gasteiger partial charge in [-0.15, -0.1) is 0 Å². The van der Waals surface area contributed by atoms with Crippen molar-refractivity contribution in [1.29, 1.82) is 0 Å². The van der Waals surface area contributed by atoms with E-state index in [4.69, 9.17) is 9.47 Å². The number of piperidine rings is 1. The number of para-hydroxylation sites is 1. The highest BCUT2D eigenvalue weighted by molar-refractivity contribution is 5.81. The molecule has 1 aromatic rings. The maximum atomic E-state index is 11.7. The molecule has 3 aliphatic rings. The molecule has 1 spiro atoms. The second-order valence-electron chi connectivity index (χ2n) is 7.67. The minimum absolute atomic E-state index is 0.0493. The molecule has 2 N–H and O–H groups in total. The Kier molecular flexibility index (Phi) is 5.09. The van der Waals surface area contributed by atoms with Crippen molar-refractivity contribution < 1.29 is 14.3 Å². The Bertz CT molecular complexity index is 736. The minimum Gasteiger partial charge on any atom is -0.490 e. The summed E-state index contributed by atoms with van der Waals surface area (Å²) in [5, 5.41) is 6.48. The normalized spacial score (nSPS) is 25.3. The molecule has 27 heavy (non-hydrogen) atoms. The first-order valence-corrected chi connectivity index (χ1v) is 9.79. The predicted octanol–water partition coefficient (Wildman–Crippen LogP) is 1.53. The summed E-state index contributed by atoms with van der Waals surface area (Å²) in [5.74, 6) is 2.69. The summed E-state index contributed by atoms with van der Waals surface area (Å²) >= 11 is 0. The molecular formula is C20H28N4O3. The molecule has 1 unspecified atom stereocenters. The van der Waals surface area contributed by atoms with Gasteiger partial charge in [0.15, 0.2) is 17.5 Å². The second-order valence-corrected chi connectivity index (χ2v) is 7.67. The van der Waals surface area contributed by atoms with Gasteiger partial charge < -0.3 is 25.0 Å². The molecule has 7 heteroatoms. The molecule has 1 amide bonds. The lowest BCUT2D eigenvalue weighted by Gasteiger charge is -2.40. The van der Waals surface area contributed by atoms with E-state index in [0.29, 0.717) is 26.2 Å². The fourth-order valence-electron chi connectivity index (χ4n) is 4.33. The van der Waals surface area contributed by atoms with Crippen molar-refractivity contribution in [3.63, 3.8) is 0 Å². The van der Waals surface area contributed by atoms with Gasteiger partial charge in [0.1, 0.15) is 0 Å². The van der Waals surface area contributed by atoms with Gasteiger partial charge in [-0.05, 0) is 18.9 Å². The molecule has 1 atom stereocenters. The summed E-state index contributed by atoms with van der Waals surface area (Å²) in [6, 6.07) is 6.02. The van der Waals surface area contributed by atoms with E-state index in [1.165, 1.54) is 0 Å². The molecule has 0 radical (unpaired) electrons. The van der Waals surface area contributed by atoms with Gasteiger partial charge in [-0.2, -0.15) is 0 Å². The Morgan fingerprint density at radius 3 is 3.04 bits per heavy atom. The minimum atomic E-state index is 0.0493. The molecule has 2 fully saturated rings. The van der Waals surface area contributed by atoms with Crippen molar-refractivity contribution >= 4 is 11.9 Å². The standard InChI is InChI=1S/C20H28N4O3/c1-21-19(24-8-3-7-20(14-24)11-17(25)23-13-20)22-12-15-5-2-6-16-18(15)27-10-4-9-26-16/h2,5-6H,3-4,7-14H2,1H3,(H,21,22)(H,23,25). The zero-order valence-corrected chi connectivity index (χ0v) is 15.9. The van der Waals surface area contributed by atoms with Crippen LogP contribution in [0, 0.1) is 5.41 Å². The van der Waals surface area contributed by atoms with E-state index >= 15 is 0 Å². The van der Waals surface area contributed by atoms with Crippen LogP contribution in [0.1, 0.15) is 31.2 Å². The lowest BCUT2D eigenvalue weighted by molar-refractivity contribution is -0.119. The monoisotopic (exact) mass is 372 g/mol. The van der Waals surface area contributed by atoms with E-state index in [0.717, 1.165) is 61.9 Å². The molecule has 4 rings (SSSR count). The third-order valence-electron chi connectivity index (χ3n) is 5.66. The van der Waals surface area contributed by atoms with Gasteiger partial charge in [0.2, 0.25) is 5.91 Å². The fourth-order valence-corrected chi connectivity index (χ4v) is 4.33. The van der Waals surface area contributed by atoms with E-state index < -0.39 is 0 Å². The number of ether oxygens (including phenoxy) is 2. The van der Waals surface area contributed by atoms with Crippen LogP contribution in [-0.4, -0.2) is 56.7 Å². The Morgan fingerprint density at radius 1 is 1.33 bits per heavy atom. The van der Waals surface area contributed by atoms with Gasteiger partial charge in [0.05, 0.1) is 13.2 Å². The predicted molar refractivity (Wildman–Crippen MR) is 103 cm³/mol. The zero-order chi connectivity index (χ0) is 18.7. The van der Waals surface area contributed by atoms with Crippen molar-refractivity contribution in [3.8, 4) is 11.5 Å². The van der Waals surface area contributed by atoms with Gasteiger partial charge in [-0.1, -0.05) is 12.1 Å². The number of aliphatic imine (C=N–C) groups is 1. The highest BCUT2D eigenvalue weighted by Crippen LogP contribution is 2.36. The Balaban J connectivity index is 1.44. The summed E-state index contributed by atoms with van der Waals surface area (Å²) in [7, 11) is 1.81. The average Bonchev–Trinajstić information content (AvgIpc) is 2.88. The number of nitrogens with zero attached hydrogens (tertiary/aromatic N) is 2. The van der Waals surface area contributed by atoms with Crippen LogP contribution in [0.2, 0.25) is 0 Å². The van der Waals surface area contributed by atoms with E-state index in [2.05, 4.69) is 26.6 Å². The Hall–Kier alpha value is -2.44. The Morgan fingerprint density at radius 2 is 2.22 bits per heavy atom. The lowest BCUT2D eigenvalue weighted by atomic mass is 9.79. The summed E-state index contributed by atoms with van der Waals surface area (Å²) in [6.07, 6.45) is 3.69. The van der Waals surface area contributed by atoms with E-state index in [1.807, 2.05) is 19.2 Å². The number of carbonyl (C=O) groups excluding carboxylic acids is 1. The summed E-state index contributed by atoms with van der Waals surface area (Å²) in [6.45, 7) is 4.58. The summed E-state index contributed by atoms with van der Waals surface area (Å²) < 4.78 is 11.7. The fraction of sp³-hybridized carbons (Fsp3) is 0.600. The van der Waals surface area contributed by atoms with E-state index in [9.17, 15) is 4.79 Å². The number of nitrogens with one attached hydrogen (secondary N) is 2. The first kappa shape index (κ1) is 17.9. The molecule has 0 bridgehead atoms. The van der Waals surface area contributed by atoms with Crippen molar-refractivity contribution in [1.82, 2.24) is 15.5 Å². The molecule has 2 saturated heterocycles. The molecule has 0 saturated carbocycles. The quantitative estimate of drug-likeness (QED) is 0.608. The van der Waals surface area contributed by atoms with Gasteiger partial charge in [-0.25, -0.2) is 0 Å². The van der Waals surface area contributed by atoms with Gasteiger partial charge in [-0.3, -0.25) is 9.79 Å². The third kappa shape index (κ3) is 3.82. The highest BCUT2D eigenvalue weighted by Gasteiger charge is 2.42. The SMILES string of the molecule is CN=C(NCc1cccc2c1OCCCO2)N1CCCC2(CNC(=O)C2)C1. The number of amides is 1. The number of likely N-dealkylation sites (tertiary alicyclic amines) is 1. The zero-order valence-electron chi connectivity index (χ0n) is 15.9. The summed E-state index contributed by atoms with van der Waals surface area (Å²) in [5.41, 5.74) is 1.12. The van der Waals surface area contributed by atoms with Crippen LogP contribution in [0.3, 0.4) is 0 Å². The molecule has 3 heterocycles. The van der Waals surface area contributed by atoms with Crippen molar-refractivity contribution in [3.05, 3.63) is 23.8 Å². The smallest absolute Gasteiger partial charge is 0.220 e. The van der Waals surface area contributed by atoms with Crippen molar-refractivity contribution in [2.45, 2.75) is 32.2 Å². The van der Waals surface area contributed by atoms with Crippen LogP contribution in [0.25, 0.3) is 0 Å². The van der Waals surface area contributed by atoms with Crippen LogP contribution >= 0.6 is 0 Å². The topological polar surface area (TPSA) is 75.2 Å².